The highest BCUT2D eigenvalue weighted by Crippen LogP contribution is 2.41. The van der Waals surface area contributed by atoms with Crippen molar-refractivity contribution in [1.29, 1.82) is 0 Å². The minimum atomic E-state index is 0.389. The van der Waals surface area contributed by atoms with Crippen molar-refractivity contribution in [2.24, 2.45) is 5.92 Å². The van der Waals surface area contributed by atoms with Crippen LogP contribution in [0.3, 0.4) is 0 Å². The molecule has 1 aliphatic carbocycles. The van der Waals surface area contributed by atoms with Crippen LogP contribution in [-0.4, -0.2) is 24.5 Å². The smallest absolute Gasteiger partial charge is 0.00928 e. The van der Waals surface area contributed by atoms with Gasteiger partial charge >= 0.3 is 0 Å². The van der Waals surface area contributed by atoms with Crippen LogP contribution in [0.2, 0.25) is 0 Å². The van der Waals surface area contributed by atoms with Crippen LogP contribution in [0.1, 0.15) is 70.4 Å². The molecule has 0 aromatic heterocycles. The summed E-state index contributed by atoms with van der Waals surface area (Å²) in [6.07, 6.45) is 8.07. The van der Waals surface area contributed by atoms with Gasteiger partial charge in [0.1, 0.15) is 0 Å². The molecule has 0 bridgehead atoms. The summed E-state index contributed by atoms with van der Waals surface area (Å²) in [6.45, 7) is 10.7. The molecule has 0 radical (unpaired) electrons. The second-order valence-electron chi connectivity index (χ2n) is 8.12. The third kappa shape index (κ3) is 4.35. The molecular weight excluding hydrogens is 266 g/mol. The zero-order valence-corrected chi connectivity index (χ0v) is 15.4. The van der Waals surface area contributed by atoms with Crippen molar-refractivity contribution in [2.75, 3.05) is 13.6 Å². The summed E-state index contributed by atoms with van der Waals surface area (Å²) in [5.41, 5.74) is 3.44. The summed E-state index contributed by atoms with van der Waals surface area (Å²) >= 11 is 0. The van der Waals surface area contributed by atoms with Crippen LogP contribution in [0.5, 0.6) is 0 Å². The van der Waals surface area contributed by atoms with Gasteiger partial charge in [-0.1, -0.05) is 45.0 Å². The van der Waals surface area contributed by atoms with E-state index >= 15 is 0 Å². The molecule has 0 unspecified atom stereocenters. The number of aryl methyl sites for hydroxylation is 1. The monoisotopic (exact) mass is 301 g/mol. The van der Waals surface area contributed by atoms with Crippen LogP contribution in [-0.2, 0) is 5.41 Å². The summed E-state index contributed by atoms with van der Waals surface area (Å²) in [5.74, 6) is 0.837. The Labute approximate surface area is 138 Å². The molecule has 1 heteroatoms. The molecule has 0 heterocycles. The average Bonchev–Trinajstić information content (AvgIpc) is 2.47. The van der Waals surface area contributed by atoms with E-state index in [2.05, 4.69) is 63.9 Å². The molecule has 2 rings (SSSR count). The Morgan fingerprint density at radius 3 is 2.41 bits per heavy atom. The molecule has 0 N–H and O–H groups in total. The molecule has 0 atom stereocenters. The van der Waals surface area contributed by atoms with Gasteiger partial charge in [-0.05, 0) is 81.5 Å². The van der Waals surface area contributed by atoms with Crippen molar-refractivity contribution in [1.82, 2.24) is 4.90 Å². The van der Waals surface area contributed by atoms with Crippen molar-refractivity contribution in [3.8, 4) is 0 Å². The lowest BCUT2D eigenvalue weighted by Gasteiger charge is -2.41. The quantitative estimate of drug-likeness (QED) is 0.664. The highest BCUT2D eigenvalue weighted by atomic mass is 15.1. The van der Waals surface area contributed by atoms with Crippen molar-refractivity contribution in [3.05, 3.63) is 35.4 Å². The van der Waals surface area contributed by atoms with Gasteiger partial charge in [0.2, 0.25) is 0 Å². The summed E-state index contributed by atoms with van der Waals surface area (Å²) in [6, 6.07) is 9.78. The third-order valence-electron chi connectivity index (χ3n) is 5.77. The maximum atomic E-state index is 2.62. The van der Waals surface area contributed by atoms with Gasteiger partial charge < -0.3 is 4.90 Å². The molecular formula is C21H35N. The maximum Gasteiger partial charge on any atom is 0.00928 e. The number of rotatable bonds is 6. The van der Waals surface area contributed by atoms with Gasteiger partial charge in [0.25, 0.3) is 0 Å². The highest BCUT2D eigenvalue weighted by molar-refractivity contribution is 5.33. The summed E-state index contributed by atoms with van der Waals surface area (Å²) in [7, 11) is 2.33. The second kappa shape index (κ2) is 7.64. The number of hydrogen-bond acceptors (Lipinski definition) is 1. The lowest BCUT2D eigenvalue weighted by molar-refractivity contribution is 0.151. The van der Waals surface area contributed by atoms with Crippen LogP contribution < -0.4 is 0 Å². The molecule has 124 valence electrons. The SMILES string of the molecule is Cc1ccccc1C1(C)CCC(N(C)CCCC(C)C)CC1. The molecule has 1 aromatic rings. The van der Waals surface area contributed by atoms with E-state index in [9.17, 15) is 0 Å². The van der Waals surface area contributed by atoms with Crippen molar-refractivity contribution < 1.29 is 0 Å². The summed E-state index contributed by atoms with van der Waals surface area (Å²) < 4.78 is 0. The van der Waals surface area contributed by atoms with E-state index < -0.39 is 0 Å². The first kappa shape index (κ1) is 17.5. The van der Waals surface area contributed by atoms with Crippen LogP contribution in [0.4, 0.5) is 0 Å². The van der Waals surface area contributed by atoms with Gasteiger partial charge in [0.05, 0.1) is 0 Å². The van der Waals surface area contributed by atoms with Crippen molar-refractivity contribution >= 4 is 0 Å². The number of benzene rings is 1. The zero-order valence-electron chi connectivity index (χ0n) is 15.4. The normalized spacial score (nSPS) is 25.9. The van der Waals surface area contributed by atoms with Gasteiger partial charge in [0, 0.05) is 6.04 Å². The van der Waals surface area contributed by atoms with E-state index in [1.54, 1.807) is 5.56 Å². The fourth-order valence-electron chi connectivity index (χ4n) is 4.13. The Balaban J connectivity index is 1.88. The van der Waals surface area contributed by atoms with E-state index in [0.717, 1.165) is 12.0 Å². The van der Waals surface area contributed by atoms with E-state index in [1.807, 2.05) is 0 Å². The lowest BCUT2D eigenvalue weighted by Crippen LogP contribution is -2.40. The predicted octanol–water partition coefficient (Wildman–Crippen LogP) is 5.56. The van der Waals surface area contributed by atoms with Crippen LogP contribution >= 0.6 is 0 Å². The van der Waals surface area contributed by atoms with E-state index in [-0.39, 0.29) is 0 Å². The van der Waals surface area contributed by atoms with Gasteiger partial charge in [-0.25, -0.2) is 0 Å². The van der Waals surface area contributed by atoms with Crippen LogP contribution in [0.25, 0.3) is 0 Å². The van der Waals surface area contributed by atoms with Gasteiger partial charge in [-0.2, -0.15) is 0 Å². The topological polar surface area (TPSA) is 3.24 Å². The van der Waals surface area contributed by atoms with Crippen molar-refractivity contribution in [2.45, 2.75) is 77.7 Å². The number of hydrogen-bond donors (Lipinski definition) is 0. The third-order valence-corrected chi connectivity index (χ3v) is 5.77. The van der Waals surface area contributed by atoms with E-state index in [0.29, 0.717) is 5.41 Å². The Morgan fingerprint density at radius 1 is 1.18 bits per heavy atom. The molecule has 0 saturated heterocycles. The van der Waals surface area contributed by atoms with Gasteiger partial charge in [-0.15, -0.1) is 0 Å². The van der Waals surface area contributed by atoms with Crippen LogP contribution in [0, 0.1) is 12.8 Å². The first-order valence-corrected chi connectivity index (χ1v) is 9.19. The Morgan fingerprint density at radius 2 is 1.82 bits per heavy atom. The minimum Gasteiger partial charge on any atom is -0.303 e. The Hall–Kier alpha value is -0.820. The molecule has 0 aliphatic heterocycles. The molecule has 1 nitrogen and oxygen atoms in total. The molecule has 1 fully saturated rings. The molecule has 1 aromatic carbocycles. The largest absolute Gasteiger partial charge is 0.303 e. The summed E-state index contributed by atoms with van der Waals surface area (Å²) in [5, 5.41) is 0. The minimum absolute atomic E-state index is 0.389. The van der Waals surface area contributed by atoms with Crippen LogP contribution in [0.15, 0.2) is 24.3 Å². The number of nitrogens with zero attached hydrogens (tertiary/aromatic N) is 1. The van der Waals surface area contributed by atoms with E-state index in [1.165, 1.54) is 50.6 Å². The second-order valence-corrected chi connectivity index (χ2v) is 8.12. The van der Waals surface area contributed by atoms with Gasteiger partial charge in [-0.3, -0.25) is 0 Å². The molecule has 0 spiro atoms. The van der Waals surface area contributed by atoms with Gasteiger partial charge in [0.15, 0.2) is 0 Å². The highest BCUT2D eigenvalue weighted by Gasteiger charge is 2.34. The molecule has 0 amide bonds. The zero-order chi connectivity index (χ0) is 16.2. The molecule has 1 aliphatic rings. The standard InChI is InChI=1S/C21H35N/c1-17(2)9-8-16-22(5)19-12-14-21(4,15-13-19)20-11-7-6-10-18(20)3/h6-7,10-11,17,19H,8-9,12-16H2,1-5H3. The average molecular weight is 302 g/mol. The Bertz CT molecular complexity index is 455. The maximum absolute atomic E-state index is 2.62. The fourth-order valence-corrected chi connectivity index (χ4v) is 4.13. The Kier molecular flexibility index (Phi) is 6.09. The van der Waals surface area contributed by atoms with E-state index in [4.69, 9.17) is 0 Å². The molecule has 22 heavy (non-hydrogen) atoms. The fraction of sp³-hybridized carbons (Fsp3) is 0.714. The molecule has 1 saturated carbocycles. The lowest BCUT2D eigenvalue weighted by atomic mass is 9.68. The summed E-state index contributed by atoms with van der Waals surface area (Å²) in [4.78, 5) is 2.62. The first-order valence-electron chi connectivity index (χ1n) is 9.19. The predicted molar refractivity (Wildman–Crippen MR) is 97.5 cm³/mol. The first-order chi connectivity index (χ1) is 10.4. The van der Waals surface area contributed by atoms with Crippen molar-refractivity contribution in [3.63, 3.8) is 0 Å².